The van der Waals surface area contributed by atoms with E-state index in [1.807, 2.05) is 0 Å². The summed E-state index contributed by atoms with van der Waals surface area (Å²) in [5.41, 5.74) is 0. The molecule has 112 valence electrons. The zero-order valence-electron chi connectivity index (χ0n) is 13.0. The Labute approximate surface area is 119 Å². The molecule has 19 heavy (non-hydrogen) atoms. The smallest absolute Gasteiger partial charge is 0.0702 e. The summed E-state index contributed by atoms with van der Waals surface area (Å²) in [4.78, 5) is 2.57. The van der Waals surface area contributed by atoms with E-state index < -0.39 is 0 Å². The van der Waals surface area contributed by atoms with Crippen molar-refractivity contribution in [2.24, 2.45) is 5.92 Å². The third-order valence-corrected chi connectivity index (χ3v) is 5.21. The Morgan fingerprint density at radius 3 is 2.68 bits per heavy atom. The third kappa shape index (κ3) is 4.17. The first-order valence-corrected chi connectivity index (χ1v) is 8.23. The molecule has 0 aromatic heterocycles. The number of nitrogens with one attached hydrogen (secondary N) is 1. The van der Waals surface area contributed by atoms with Crippen LogP contribution in [-0.4, -0.2) is 50.3 Å². The Bertz CT molecular complexity index is 253. The number of likely N-dealkylation sites (N-methyl/N-ethyl adjacent to an activating group) is 2. The first-order chi connectivity index (χ1) is 9.24. The van der Waals surface area contributed by atoms with Crippen molar-refractivity contribution in [2.75, 3.05) is 27.2 Å². The van der Waals surface area contributed by atoms with Crippen LogP contribution in [0.3, 0.4) is 0 Å². The molecule has 0 bridgehead atoms. The first kappa shape index (κ1) is 15.3. The van der Waals surface area contributed by atoms with Gasteiger partial charge in [0.15, 0.2) is 0 Å². The van der Waals surface area contributed by atoms with Crippen molar-refractivity contribution in [3.05, 3.63) is 0 Å². The number of hydrogen-bond acceptors (Lipinski definition) is 3. The largest absolute Gasteiger partial charge is 0.377 e. The summed E-state index contributed by atoms with van der Waals surface area (Å²) in [6, 6.07) is 1.35. The van der Waals surface area contributed by atoms with Gasteiger partial charge in [0.1, 0.15) is 0 Å². The average Bonchev–Trinajstić information content (AvgIpc) is 2.47. The van der Waals surface area contributed by atoms with Gasteiger partial charge in [-0.15, -0.1) is 0 Å². The fourth-order valence-corrected chi connectivity index (χ4v) is 3.83. The van der Waals surface area contributed by atoms with Crippen LogP contribution in [0.5, 0.6) is 0 Å². The van der Waals surface area contributed by atoms with E-state index in [9.17, 15) is 0 Å². The van der Waals surface area contributed by atoms with E-state index in [1.165, 1.54) is 44.9 Å². The van der Waals surface area contributed by atoms with Crippen LogP contribution in [0.15, 0.2) is 0 Å². The first-order valence-electron chi connectivity index (χ1n) is 8.23. The molecular weight excluding hydrogens is 236 g/mol. The lowest BCUT2D eigenvalue weighted by Gasteiger charge is -2.42. The molecule has 1 saturated heterocycles. The molecule has 4 unspecified atom stereocenters. The molecule has 0 aromatic rings. The van der Waals surface area contributed by atoms with Gasteiger partial charge in [-0.1, -0.05) is 13.3 Å². The number of ether oxygens (including phenoxy) is 1. The van der Waals surface area contributed by atoms with Crippen molar-refractivity contribution in [1.82, 2.24) is 10.2 Å². The van der Waals surface area contributed by atoms with Gasteiger partial charge in [0.2, 0.25) is 0 Å². The van der Waals surface area contributed by atoms with E-state index >= 15 is 0 Å². The van der Waals surface area contributed by atoms with E-state index in [-0.39, 0.29) is 0 Å². The normalized spacial score (nSPS) is 36.6. The molecule has 4 atom stereocenters. The second-order valence-electron chi connectivity index (χ2n) is 6.48. The van der Waals surface area contributed by atoms with E-state index in [1.54, 1.807) is 0 Å². The Morgan fingerprint density at radius 2 is 2.05 bits per heavy atom. The van der Waals surface area contributed by atoms with Crippen LogP contribution in [-0.2, 0) is 4.74 Å². The molecule has 1 aliphatic carbocycles. The second kappa shape index (κ2) is 7.61. The lowest BCUT2D eigenvalue weighted by atomic mass is 9.80. The topological polar surface area (TPSA) is 24.5 Å². The van der Waals surface area contributed by atoms with Gasteiger partial charge >= 0.3 is 0 Å². The maximum Gasteiger partial charge on any atom is 0.0702 e. The summed E-state index contributed by atoms with van der Waals surface area (Å²) in [7, 11) is 4.42. The standard InChI is InChI=1S/C16H32N2O/c1-4-13-8-9-15(17-2)16(11-13)18(3)12-14-7-5-6-10-19-14/h13-17H,4-12H2,1-3H3. The van der Waals surface area contributed by atoms with Crippen LogP contribution >= 0.6 is 0 Å². The molecular formula is C16H32N2O. The fraction of sp³-hybridized carbons (Fsp3) is 1.00. The molecule has 2 rings (SSSR count). The minimum absolute atomic E-state index is 0.471. The summed E-state index contributed by atoms with van der Waals surface area (Å²) in [6.45, 7) is 4.42. The molecule has 1 heterocycles. The Hall–Kier alpha value is -0.120. The van der Waals surface area contributed by atoms with Crippen molar-refractivity contribution in [1.29, 1.82) is 0 Å². The van der Waals surface area contributed by atoms with E-state index in [2.05, 4.69) is 31.2 Å². The minimum Gasteiger partial charge on any atom is -0.377 e. The Morgan fingerprint density at radius 1 is 1.21 bits per heavy atom. The molecule has 1 saturated carbocycles. The highest BCUT2D eigenvalue weighted by Crippen LogP contribution is 2.30. The van der Waals surface area contributed by atoms with Gasteiger partial charge in [0.25, 0.3) is 0 Å². The minimum atomic E-state index is 0.471. The summed E-state index contributed by atoms with van der Waals surface area (Å²) < 4.78 is 5.90. The molecule has 2 aliphatic rings. The van der Waals surface area contributed by atoms with E-state index in [4.69, 9.17) is 4.74 Å². The molecule has 0 spiro atoms. The fourth-order valence-electron chi connectivity index (χ4n) is 3.83. The molecule has 1 aliphatic heterocycles. The average molecular weight is 268 g/mol. The highest BCUT2D eigenvalue weighted by molar-refractivity contribution is 4.90. The zero-order valence-corrected chi connectivity index (χ0v) is 13.0. The highest BCUT2D eigenvalue weighted by atomic mass is 16.5. The van der Waals surface area contributed by atoms with Crippen molar-refractivity contribution < 1.29 is 4.74 Å². The molecule has 3 nitrogen and oxygen atoms in total. The monoisotopic (exact) mass is 268 g/mol. The van der Waals surface area contributed by atoms with Gasteiger partial charge in [-0.05, 0) is 58.5 Å². The van der Waals surface area contributed by atoms with Crippen molar-refractivity contribution in [3.8, 4) is 0 Å². The van der Waals surface area contributed by atoms with Crippen molar-refractivity contribution in [2.45, 2.75) is 70.1 Å². The molecule has 2 fully saturated rings. The van der Waals surface area contributed by atoms with Gasteiger partial charge < -0.3 is 10.1 Å². The quantitative estimate of drug-likeness (QED) is 0.829. The highest BCUT2D eigenvalue weighted by Gasteiger charge is 2.32. The Balaban J connectivity index is 1.88. The second-order valence-corrected chi connectivity index (χ2v) is 6.48. The summed E-state index contributed by atoms with van der Waals surface area (Å²) in [5.74, 6) is 0.921. The van der Waals surface area contributed by atoms with Crippen LogP contribution in [0, 0.1) is 5.92 Å². The summed E-state index contributed by atoms with van der Waals surface area (Å²) in [6.07, 6.45) is 9.72. The predicted octanol–water partition coefficient (Wildman–Crippen LogP) is 2.65. The summed E-state index contributed by atoms with van der Waals surface area (Å²) >= 11 is 0. The van der Waals surface area contributed by atoms with Gasteiger partial charge in [0, 0.05) is 25.2 Å². The van der Waals surface area contributed by atoms with Crippen LogP contribution in [0.4, 0.5) is 0 Å². The van der Waals surface area contributed by atoms with Crippen molar-refractivity contribution in [3.63, 3.8) is 0 Å². The number of hydrogen-bond donors (Lipinski definition) is 1. The van der Waals surface area contributed by atoms with Gasteiger partial charge in [-0.3, -0.25) is 4.90 Å². The summed E-state index contributed by atoms with van der Waals surface area (Å²) in [5, 5.41) is 3.53. The van der Waals surface area contributed by atoms with E-state index in [0.29, 0.717) is 18.2 Å². The molecule has 0 aromatic carbocycles. The SMILES string of the molecule is CCC1CCC(NC)C(N(C)CC2CCCCO2)C1. The lowest BCUT2D eigenvalue weighted by molar-refractivity contribution is -0.0164. The molecule has 3 heteroatoms. The van der Waals surface area contributed by atoms with E-state index in [0.717, 1.165) is 19.1 Å². The van der Waals surface area contributed by atoms with Crippen LogP contribution in [0.25, 0.3) is 0 Å². The maximum atomic E-state index is 5.90. The molecule has 0 amide bonds. The third-order valence-electron chi connectivity index (χ3n) is 5.21. The Kier molecular flexibility index (Phi) is 6.11. The van der Waals surface area contributed by atoms with Crippen LogP contribution in [0.2, 0.25) is 0 Å². The van der Waals surface area contributed by atoms with Gasteiger partial charge in [-0.25, -0.2) is 0 Å². The predicted molar refractivity (Wildman–Crippen MR) is 80.5 cm³/mol. The van der Waals surface area contributed by atoms with Crippen LogP contribution < -0.4 is 5.32 Å². The lowest BCUT2D eigenvalue weighted by Crippen LogP contribution is -2.53. The zero-order chi connectivity index (χ0) is 13.7. The maximum absolute atomic E-state index is 5.90. The van der Waals surface area contributed by atoms with Gasteiger partial charge in [-0.2, -0.15) is 0 Å². The van der Waals surface area contributed by atoms with Crippen LogP contribution in [0.1, 0.15) is 51.9 Å². The number of rotatable bonds is 5. The van der Waals surface area contributed by atoms with Gasteiger partial charge in [0.05, 0.1) is 6.10 Å². The molecule has 1 N–H and O–H groups in total. The number of nitrogens with zero attached hydrogens (tertiary/aromatic N) is 1. The van der Waals surface area contributed by atoms with Crippen molar-refractivity contribution >= 4 is 0 Å². The molecule has 0 radical (unpaired) electrons.